The van der Waals surface area contributed by atoms with Gasteiger partial charge in [-0.1, -0.05) is 42.0 Å². The van der Waals surface area contributed by atoms with Crippen molar-refractivity contribution in [2.45, 2.75) is 39.8 Å². The molecule has 1 fully saturated rings. The van der Waals surface area contributed by atoms with Crippen LogP contribution in [0.5, 0.6) is 11.5 Å². The summed E-state index contributed by atoms with van der Waals surface area (Å²) in [6.07, 6.45) is 1.84. The lowest BCUT2D eigenvalue weighted by atomic mass is 9.96. The van der Waals surface area contributed by atoms with E-state index in [1.54, 1.807) is 0 Å². The smallest absolute Gasteiger partial charge is 0.174 e. The highest BCUT2D eigenvalue weighted by molar-refractivity contribution is 7.80. The number of anilines is 1. The zero-order chi connectivity index (χ0) is 27.8. The summed E-state index contributed by atoms with van der Waals surface area (Å²) < 4.78 is 8.44. The molecule has 5 aromatic rings. The van der Waals surface area contributed by atoms with Crippen molar-refractivity contribution in [2.24, 2.45) is 0 Å². The van der Waals surface area contributed by atoms with Gasteiger partial charge in [0.2, 0.25) is 0 Å². The van der Waals surface area contributed by atoms with Crippen LogP contribution in [0.25, 0.3) is 5.69 Å². The molecule has 1 saturated heterocycles. The van der Waals surface area contributed by atoms with Gasteiger partial charge in [0.25, 0.3) is 0 Å². The summed E-state index contributed by atoms with van der Waals surface area (Å²) in [6, 6.07) is 32.9. The number of ether oxygens (including phenoxy) is 1. The quantitative estimate of drug-likeness (QED) is 0.219. The number of hydrogen-bond donors (Lipinski definition) is 1. The second-order valence-corrected chi connectivity index (χ2v) is 10.7. The van der Waals surface area contributed by atoms with Gasteiger partial charge in [-0.05, 0) is 112 Å². The molecule has 1 aliphatic heterocycles. The summed E-state index contributed by atoms with van der Waals surface area (Å²) in [5.74, 6) is 1.59. The minimum Gasteiger partial charge on any atom is -0.457 e. The van der Waals surface area contributed by atoms with E-state index in [4.69, 9.17) is 21.9 Å². The van der Waals surface area contributed by atoms with Crippen LogP contribution in [-0.4, -0.2) is 14.7 Å². The number of benzene rings is 3. The summed E-state index contributed by atoms with van der Waals surface area (Å²) in [6.45, 7) is 8.59. The lowest BCUT2D eigenvalue weighted by Gasteiger charge is -2.28. The molecule has 0 amide bonds. The van der Waals surface area contributed by atoms with Crippen LogP contribution in [0.4, 0.5) is 5.69 Å². The van der Waals surface area contributed by atoms with Gasteiger partial charge in [-0.3, -0.25) is 4.98 Å². The molecule has 2 aromatic heterocycles. The van der Waals surface area contributed by atoms with Gasteiger partial charge in [0.15, 0.2) is 5.11 Å². The molecular weight excluding hydrogens is 512 g/mol. The van der Waals surface area contributed by atoms with E-state index in [2.05, 4.69) is 91.0 Å². The number of nitrogens with zero attached hydrogens (tertiary/aromatic N) is 3. The van der Waals surface area contributed by atoms with Crippen LogP contribution >= 0.6 is 12.2 Å². The molecule has 1 aliphatic rings. The maximum absolute atomic E-state index is 6.10. The van der Waals surface area contributed by atoms with Gasteiger partial charge in [0.05, 0.1) is 17.8 Å². The molecule has 0 radical (unpaired) electrons. The van der Waals surface area contributed by atoms with Gasteiger partial charge in [-0.2, -0.15) is 0 Å². The van der Waals surface area contributed by atoms with Gasteiger partial charge < -0.3 is 19.5 Å². The predicted molar refractivity (Wildman–Crippen MR) is 166 cm³/mol. The minimum absolute atomic E-state index is 0.0877. The zero-order valence-corrected chi connectivity index (χ0v) is 23.9. The summed E-state index contributed by atoms with van der Waals surface area (Å²) in [5, 5.41) is 4.26. The predicted octanol–water partition coefficient (Wildman–Crippen LogP) is 8.08. The standard InChI is InChI=1S/C34H32N4OS/c1-22-12-16-27(17-13-22)39-28-18-14-26(15-19-28)38-33(32(36-34(38)40)30-10-7-8-20-35-30)29-21-24(3)37(25(29)4)31-11-6-5-9-23(31)2/h5-21,32-33H,1-4H3,(H,36,40)/t32-,33+/m1/s1. The fourth-order valence-corrected chi connectivity index (χ4v) is 5.98. The van der Waals surface area contributed by atoms with Crippen LogP contribution in [0.2, 0.25) is 0 Å². The Balaban J connectivity index is 1.41. The third-order valence-corrected chi connectivity index (χ3v) is 7.93. The number of para-hydroxylation sites is 1. The third-order valence-electron chi connectivity index (χ3n) is 7.61. The molecule has 0 spiro atoms. The summed E-state index contributed by atoms with van der Waals surface area (Å²) in [4.78, 5) is 6.94. The average Bonchev–Trinajstić information content (AvgIpc) is 3.46. The van der Waals surface area contributed by atoms with Crippen molar-refractivity contribution in [3.05, 3.63) is 137 Å². The zero-order valence-electron chi connectivity index (χ0n) is 23.1. The molecule has 5 nitrogen and oxygen atoms in total. The van der Waals surface area contributed by atoms with Crippen LogP contribution in [0.1, 0.15) is 45.9 Å². The molecule has 0 aliphatic carbocycles. The van der Waals surface area contributed by atoms with Crippen molar-refractivity contribution in [2.75, 3.05) is 4.90 Å². The second kappa shape index (κ2) is 10.6. The van der Waals surface area contributed by atoms with Crippen molar-refractivity contribution < 1.29 is 4.74 Å². The van der Waals surface area contributed by atoms with E-state index >= 15 is 0 Å². The Labute approximate surface area is 241 Å². The number of rotatable bonds is 6. The molecule has 0 bridgehead atoms. The number of nitrogens with one attached hydrogen (secondary N) is 1. The Kier molecular flexibility index (Phi) is 6.86. The molecular formula is C34H32N4OS. The fraction of sp³-hybridized carbons (Fsp3) is 0.176. The Morgan fingerprint density at radius 1 is 0.800 bits per heavy atom. The first-order valence-corrected chi connectivity index (χ1v) is 13.9. The monoisotopic (exact) mass is 544 g/mol. The maximum Gasteiger partial charge on any atom is 0.174 e. The normalized spacial score (nSPS) is 16.7. The maximum atomic E-state index is 6.10. The fourth-order valence-electron chi connectivity index (χ4n) is 5.64. The van der Waals surface area contributed by atoms with E-state index in [0.29, 0.717) is 5.11 Å². The molecule has 0 saturated carbocycles. The summed E-state index contributed by atoms with van der Waals surface area (Å²) in [5.41, 5.74) is 9.16. The first-order valence-electron chi connectivity index (χ1n) is 13.5. The highest BCUT2D eigenvalue weighted by Crippen LogP contribution is 2.44. The molecule has 1 N–H and O–H groups in total. The second-order valence-electron chi connectivity index (χ2n) is 10.4. The van der Waals surface area contributed by atoms with Crippen molar-refractivity contribution in [3.63, 3.8) is 0 Å². The highest BCUT2D eigenvalue weighted by Gasteiger charge is 2.42. The molecule has 3 aromatic carbocycles. The number of hydrogen-bond acceptors (Lipinski definition) is 3. The van der Waals surface area contributed by atoms with Crippen molar-refractivity contribution in [1.29, 1.82) is 0 Å². The topological polar surface area (TPSA) is 42.3 Å². The van der Waals surface area contributed by atoms with Gasteiger partial charge in [-0.25, -0.2) is 0 Å². The Morgan fingerprint density at radius 2 is 1.48 bits per heavy atom. The lowest BCUT2D eigenvalue weighted by molar-refractivity contribution is 0.482. The third kappa shape index (κ3) is 4.75. The molecule has 40 heavy (non-hydrogen) atoms. The van der Waals surface area contributed by atoms with Crippen molar-refractivity contribution >= 4 is 23.0 Å². The number of aryl methyl sites for hydroxylation is 3. The van der Waals surface area contributed by atoms with E-state index in [1.807, 2.05) is 54.7 Å². The van der Waals surface area contributed by atoms with E-state index < -0.39 is 0 Å². The molecule has 6 heteroatoms. The number of aromatic nitrogens is 2. The van der Waals surface area contributed by atoms with Crippen LogP contribution in [0, 0.1) is 27.7 Å². The number of pyridine rings is 1. The summed E-state index contributed by atoms with van der Waals surface area (Å²) >= 11 is 5.97. The van der Waals surface area contributed by atoms with Gasteiger partial charge >= 0.3 is 0 Å². The van der Waals surface area contributed by atoms with Crippen LogP contribution in [-0.2, 0) is 0 Å². The average molecular weight is 545 g/mol. The summed E-state index contributed by atoms with van der Waals surface area (Å²) in [7, 11) is 0. The molecule has 3 heterocycles. The van der Waals surface area contributed by atoms with Gasteiger partial charge in [0, 0.05) is 29.0 Å². The SMILES string of the molecule is Cc1ccc(Oc2ccc(N3C(=S)N[C@H](c4ccccn4)[C@@H]3c3cc(C)n(-c4ccccc4C)c3C)cc2)cc1. The lowest BCUT2D eigenvalue weighted by Crippen LogP contribution is -2.29. The molecule has 6 rings (SSSR count). The largest absolute Gasteiger partial charge is 0.457 e. The van der Waals surface area contributed by atoms with Gasteiger partial charge in [-0.15, -0.1) is 0 Å². The van der Waals surface area contributed by atoms with Crippen LogP contribution < -0.4 is 15.0 Å². The Bertz CT molecular complexity index is 1660. The van der Waals surface area contributed by atoms with E-state index in [0.717, 1.165) is 22.9 Å². The van der Waals surface area contributed by atoms with Crippen LogP contribution in [0.15, 0.2) is 103 Å². The minimum atomic E-state index is -0.108. The van der Waals surface area contributed by atoms with Gasteiger partial charge in [0.1, 0.15) is 11.5 Å². The van der Waals surface area contributed by atoms with E-state index in [9.17, 15) is 0 Å². The number of thiocarbonyl (C=S) groups is 1. The molecule has 2 atom stereocenters. The van der Waals surface area contributed by atoms with Crippen LogP contribution in [0.3, 0.4) is 0 Å². The first kappa shape index (κ1) is 25.8. The Morgan fingerprint density at radius 3 is 2.15 bits per heavy atom. The first-order chi connectivity index (χ1) is 19.4. The van der Waals surface area contributed by atoms with E-state index in [-0.39, 0.29) is 12.1 Å². The highest BCUT2D eigenvalue weighted by atomic mass is 32.1. The van der Waals surface area contributed by atoms with Crippen molar-refractivity contribution in [1.82, 2.24) is 14.9 Å². The van der Waals surface area contributed by atoms with Crippen molar-refractivity contribution in [3.8, 4) is 17.2 Å². The van der Waals surface area contributed by atoms with E-state index in [1.165, 1.54) is 33.8 Å². The Hall–Kier alpha value is -4.42. The molecule has 0 unspecified atom stereocenters. The molecule has 200 valence electrons.